The van der Waals surface area contributed by atoms with Crippen molar-refractivity contribution in [3.8, 4) is 0 Å². The van der Waals surface area contributed by atoms with E-state index in [1.54, 1.807) is 0 Å². The van der Waals surface area contributed by atoms with Crippen molar-refractivity contribution in [1.82, 2.24) is 9.80 Å². The number of nitrogens with zero attached hydrogens (tertiary/aromatic N) is 2. The standard InChI is InChI=1S/C16H26ClN3/c1-4-19-7-8-20(11-13(19)3)16(10-18)15-6-5-14(17)9-12(15)2/h5-6,9,13,16H,4,7-8,10-11,18H2,1-3H3. The van der Waals surface area contributed by atoms with E-state index < -0.39 is 0 Å². The summed E-state index contributed by atoms with van der Waals surface area (Å²) in [6.07, 6.45) is 0. The van der Waals surface area contributed by atoms with Crippen molar-refractivity contribution in [3.63, 3.8) is 0 Å². The first kappa shape index (κ1) is 15.8. The van der Waals surface area contributed by atoms with Crippen molar-refractivity contribution < 1.29 is 0 Å². The smallest absolute Gasteiger partial charge is 0.0474 e. The van der Waals surface area contributed by atoms with Crippen LogP contribution < -0.4 is 5.73 Å². The SMILES string of the molecule is CCN1CCN(C(CN)c2ccc(Cl)cc2C)CC1C. The Labute approximate surface area is 127 Å². The van der Waals surface area contributed by atoms with E-state index in [1.165, 1.54) is 11.1 Å². The molecule has 0 amide bonds. The third-order valence-corrected chi connectivity index (χ3v) is 4.69. The van der Waals surface area contributed by atoms with Crippen LogP contribution in [0.25, 0.3) is 0 Å². The summed E-state index contributed by atoms with van der Waals surface area (Å²) in [6, 6.07) is 7.03. The van der Waals surface area contributed by atoms with Crippen LogP contribution in [0, 0.1) is 6.92 Å². The zero-order chi connectivity index (χ0) is 14.7. The highest BCUT2D eigenvalue weighted by Gasteiger charge is 2.28. The summed E-state index contributed by atoms with van der Waals surface area (Å²) in [6.45, 7) is 11.7. The Balaban J connectivity index is 2.16. The van der Waals surface area contributed by atoms with Gasteiger partial charge >= 0.3 is 0 Å². The average molecular weight is 296 g/mol. The molecule has 20 heavy (non-hydrogen) atoms. The molecule has 0 bridgehead atoms. The van der Waals surface area contributed by atoms with E-state index >= 15 is 0 Å². The molecule has 3 nitrogen and oxygen atoms in total. The number of rotatable bonds is 4. The number of halogens is 1. The summed E-state index contributed by atoms with van der Waals surface area (Å²) < 4.78 is 0. The van der Waals surface area contributed by atoms with Gasteiger partial charge in [0.05, 0.1) is 0 Å². The van der Waals surface area contributed by atoms with E-state index in [0.717, 1.165) is 31.2 Å². The van der Waals surface area contributed by atoms with Gasteiger partial charge in [-0.15, -0.1) is 0 Å². The lowest BCUT2D eigenvalue weighted by atomic mass is 9.98. The molecule has 1 aromatic carbocycles. The molecule has 1 fully saturated rings. The normalized spacial score (nSPS) is 22.9. The monoisotopic (exact) mass is 295 g/mol. The Morgan fingerprint density at radius 2 is 2.15 bits per heavy atom. The molecule has 2 atom stereocenters. The summed E-state index contributed by atoms with van der Waals surface area (Å²) in [7, 11) is 0. The summed E-state index contributed by atoms with van der Waals surface area (Å²) in [5, 5.41) is 0.797. The van der Waals surface area contributed by atoms with Gasteiger partial charge in [-0.05, 0) is 43.7 Å². The number of nitrogens with two attached hydrogens (primary N) is 1. The Morgan fingerprint density at radius 3 is 2.70 bits per heavy atom. The predicted octanol–water partition coefficient (Wildman–Crippen LogP) is 2.67. The van der Waals surface area contributed by atoms with Crippen LogP contribution in [0.4, 0.5) is 0 Å². The first-order chi connectivity index (χ1) is 9.56. The minimum Gasteiger partial charge on any atom is -0.329 e. The molecular weight excluding hydrogens is 270 g/mol. The molecule has 0 radical (unpaired) electrons. The zero-order valence-electron chi connectivity index (χ0n) is 12.8. The van der Waals surface area contributed by atoms with Crippen LogP contribution in [0.1, 0.15) is 31.0 Å². The molecule has 0 saturated carbocycles. The fourth-order valence-corrected chi connectivity index (χ4v) is 3.49. The lowest BCUT2D eigenvalue weighted by molar-refractivity contribution is 0.0605. The van der Waals surface area contributed by atoms with E-state index in [-0.39, 0.29) is 0 Å². The predicted molar refractivity (Wildman–Crippen MR) is 86.3 cm³/mol. The number of piperazine rings is 1. The number of aryl methyl sites for hydroxylation is 1. The molecule has 1 aliphatic heterocycles. The van der Waals surface area contributed by atoms with Crippen LogP contribution in [0.5, 0.6) is 0 Å². The van der Waals surface area contributed by atoms with E-state index in [1.807, 2.05) is 12.1 Å². The highest BCUT2D eigenvalue weighted by molar-refractivity contribution is 6.30. The molecule has 112 valence electrons. The third-order valence-electron chi connectivity index (χ3n) is 4.46. The molecule has 0 aliphatic carbocycles. The molecule has 2 N–H and O–H groups in total. The van der Waals surface area contributed by atoms with Crippen LogP contribution in [0.15, 0.2) is 18.2 Å². The first-order valence-electron chi connectivity index (χ1n) is 7.51. The van der Waals surface area contributed by atoms with E-state index in [2.05, 4.69) is 36.6 Å². The maximum absolute atomic E-state index is 6.07. The quantitative estimate of drug-likeness (QED) is 0.927. The van der Waals surface area contributed by atoms with E-state index in [0.29, 0.717) is 18.6 Å². The van der Waals surface area contributed by atoms with Crippen LogP contribution in [-0.4, -0.2) is 48.6 Å². The zero-order valence-corrected chi connectivity index (χ0v) is 13.5. The van der Waals surface area contributed by atoms with Crippen LogP contribution in [0.3, 0.4) is 0 Å². The maximum Gasteiger partial charge on any atom is 0.0474 e. The molecule has 1 saturated heterocycles. The van der Waals surface area contributed by atoms with Gasteiger partial charge < -0.3 is 5.73 Å². The second-order valence-corrected chi connectivity index (χ2v) is 6.16. The highest BCUT2D eigenvalue weighted by atomic mass is 35.5. The molecular formula is C16H26ClN3. The lowest BCUT2D eigenvalue weighted by Crippen LogP contribution is -2.53. The van der Waals surface area contributed by atoms with Gasteiger partial charge in [0, 0.05) is 43.3 Å². The van der Waals surface area contributed by atoms with Crippen molar-refractivity contribution in [2.45, 2.75) is 32.9 Å². The van der Waals surface area contributed by atoms with Crippen LogP contribution in [0.2, 0.25) is 5.02 Å². The molecule has 0 aromatic heterocycles. The molecule has 4 heteroatoms. The van der Waals surface area contributed by atoms with E-state index in [9.17, 15) is 0 Å². The van der Waals surface area contributed by atoms with Crippen LogP contribution in [-0.2, 0) is 0 Å². The van der Waals surface area contributed by atoms with Crippen molar-refractivity contribution in [1.29, 1.82) is 0 Å². The Bertz CT molecular complexity index is 449. The number of hydrogen-bond donors (Lipinski definition) is 1. The molecule has 2 rings (SSSR count). The summed E-state index contributed by atoms with van der Waals surface area (Å²) in [5.41, 5.74) is 8.62. The topological polar surface area (TPSA) is 32.5 Å². The van der Waals surface area contributed by atoms with Crippen molar-refractivity contribution >= 4 is 11.6 Å². The lowest BCUT2D eigenvalue weighted by Gasteiger charge is -2.43. The number of benzene rings is 1. The van der Waals surface area contributed by atoms with Crippen molar-refractivity contribution in [3.05, 3.63) is 34.3 Å². The van der Waals surface area contributed by atoms with Gasteiger partial charge in [0.2, 0.25) is 0 Å². The summed E-state index contributed by atoms with van der Waals surface area (Å²) in [4.78, 5) is 5.05. The average Bonchev–Trinajstić information content (AvgIpc) is 2.42. The number of likely N-dealkylation sites (N-methyl/N-ethyl adjacent to an activating group) is 1. The maximum atomic E-state index is 6.07. The van der Waals surface area contributed by atoms with Gasteiger partial charge in [-0.1, -0.05) is 24.6 Å². The first-order valence-corrected chi connectivity index (χ1v) is 7.88. The number of hydrogen-bond acceptors (Lipinski definition) is 3. The Morgan fingerprint density at radius 1 is 1.40 bits per heavy atom. The molecule has 2 unspecified atom stereocenters. The Hall–Kier alpha value is -0.610. The van der Waals surface area contributed by atoms with E-state index in [4.69, 9.17) is 17.3 Å². The molecule has 1 aromatic rings. The molecule has 1 heterocycles. The van der Waals surface area contributed by atoms with Gasteiger partial charge in [0.1, 0.15) is 0 Å². The van der Waals surface area contributed by atoms with Gasteiger partial charge in [-0.2, -0.15) is 0 Å². The largest absolute Gasteiger partial charge is 0.329 e. The Kier molecular flexibility index (Phi) is 5.44. The summed E-state index contributed by atoms with van der Waals surface area (Å²) >= 11 is 6.06. The minimum atomic E-state index is 0.300. The van der Waals surface area contributed by atoms with Crippen molar-refractivity contribution in [2.24, 2.45) is 5.73 Å². The fraction of sp³-hybridized carbons (Fsp3) is 0.625. The highest BCUT2D eigenvalue weighted by Crippen LogP contribution is 2.27. The minimum absolute atomic E-state index is 0.300. The second kappa shape index (κ2) is 6.90. The molecule has 1 aliphatic rings. The fourth-order valence-electron chi connectivity index (χ4n) is 3.26. The van der Waals surface area contributed by atoms with Crippen LogP contribution >= 0.6 is 11.6 Å². The van der Waals surface area contributed by atoms with Crippen molar-refractivity contribution in [2.75, 3.05) is 32.7 Å². The van der Waals surface area contributed by atoms with Gasteiger partial charge in [0.25, 0.3) is 0 Å². The summed E-state index contributed by atoms with van der Waals surface area (Å²) in [5.74, 6) is 0. The van der Waals surface area contributed by atoms with Gasteiger partial charge in [-0.25, -0.2) is 0 Å². The molecule has 0 spiro atoms. The van der Waals surface area contributed by atoms with Gasteiger partial charge in [0.15, 0.2) is 0 Å². The third kappa shape index (κ3) is 3.34. The second-order valence-electron chi connectivity index (χ2n) is 5.72. The van der Waals surface area contributed by atoms with Gasteiger partial charge in [-0.3, -0.25) is 9.80 Å².